The van der Waals surface area contributed by atoms with Gasteiger partial charge in [-0.15, -0.1) is 0 Å². The molecule has 0 bridgehead atoms. The Morgan fingerprint density at radius 2 is 0.981 bits per heavy atom. The maximum Gasteiger partial charge on any atom is 0.179 e. The standard InChI is InChI=1S/C49H33N3OSi/c1-4-17-38(18-5-1)54(39-19-6-2-7-20-39,40-21-8-3-9-22-40)41-31-29-35(30-32-41)47-50-48(37-28-27-34-15-10-11-16-36(34)33-37)52-49(51-47)43-24-14-26-45-46(43)42-23-12-13-25-44(42)53-45/h1-33H/i12D,24D,25D. The fourth-order valence-corrected chi connectivity index (χ4v) is 12.5. The van der Waals surface area contributed by atoms with Gasteiger partial charge in [-0.05, 0) is 49.7 Å². The van der Waals surface area contributed by atoms with Crippen LogP contribution in [-0.2, 0) is 0 Å². The zero-order valence-corrected chi connectivity index (χ0v) is 30.1. The Balaban J connectivity index is 1.20. The molecule has 5 heteroatoms. The van der Waals surface area contributed by atoms with E-state index >= 15 is 0 Å². The van der Waals surface area contributed by atoms with E-state index in [1.807, 2.05) is 18.2 Å². The van der Waals surface area contributed by atoms with E-state index in [9.17, 15) is 1.37 Å². The Hall–Kier alpha value is -6.95. The van der Waals surface area contributed by atoms with Crippen LogP contribution in [0.3, 0.4) is 0 Å². The molecule has 0 radical (unpaired) electrons. The number of para-hydroxylation sites is 1. The van der Waals surface area contributed by atoms with Gasteiger partial charge in [0.25, 0.3) is 0 Å². The minimum Gasteiger partial charge on any atom is -0.456 e. The highest BCUT2D eigenvalue weighted by molar-refractivity contribution is 7.19. The Morgan fingerprint density at radius 3 is 1.65 bits per heavy atom. The van der Waals surface area contributed by atoms with E-state index in [-0.39, 0.29) is 18.1 Å². The second-order valence-electron chi connectivity index (χ2n) is 13.3. The summed E-state index contributed by atoms with van der Waals surface area (Å²) in [5.41, 5.74) is 2.94. The summed E-state index contributed by atoms with van der Waals surface area (Å²) in [7, 11) is -2.76. The lowest BCUT2D eigenvalue weighted by molar-refractivity contribution is 0.669. The maximum absolute atomic E-state index is 9.18. The van der Waals surface area contributed by atoms with E-state index in [1.54, 1.807) is 18.2 Å². The molecule has 0 saturated carbocycles. The molecule has 8 aromatic carbocycles. The van der Waals surface area contributed by atoms with Crippen LogP contribution in [0.2, 0.25) is 0 Å². The number of hydrogen-bond donors (Lipinski definition) is 0. The van der Waals surface area contributed by atoms with Crippen molar-refractivity contribution in [1.29, 1.82) is 0 Å². The fraction of sp³-hybridized carbons (Fsp3) is 0. The molecule has 10 rings (SSSR count). The van der Waals surface area contributed by atoms with E-state index in [4.69, 9.17) is 22.1 Å². The monoisotopic (exact) mass is 710 g/mol. The first kappa shape index (κ1) is 28.6. The quantitative estimate of drug-likeness (QED) is 0.122. The van der Waals surface area contributed by atoms with E-state index in [0.29, 0.717) is 45.0 Å². The fourth-order valence-electron chi connectivity index (χ4n) is 7.77. The molecule has 254 valence electrons. The van der Waals surface area contributed by atoms with Crippen molar-refractivity contribution in [3.63, 3.8) is 0 Å². The van der Waals surface area contributed by atoms with E-state index in [2.05, 4.69) is 140 Å². The van der Waals surface area contributed by atoms with Crippen molar-refractivity contribution >= 4 is 61.5 Å². The molecular formula is C49H33N3OSi. The van der Waals surface area contributed by atoms with Gasteiger partial charge in [0.2, 0.25) is 0 Å². The van der Waals surface area contributed by atoms with Crippen molar-refractivity contribution in [1.82, 2.24) is 15.0 Å². The molecule has 2 aromatic heterocycles. The Morgan fingerprint density at radius 1 is 0.426 bits per heavy atom. The Kier molecular flexibility index (Phi) is 7.01. The van der Waals surface area contributed by atoms with Crippen LogP contribution in [-0.4, -0.2) is 23.0 Å². The molecule has 0 fully saturated rings. The zero-order chi connectivity index (χ0) is 38.5. The summed E-state index contributed by atoms with van der Waals surface area (Å²) in [5, 5.41) is 8.41. The summed E-state index contributed by atoms with van der Waals surface area (Å²) >= 11 is 0. The van der Waals surface area contributed by atoms with Gasteiger partial charge in [0, 0.05) is 27.5 Å². The van der Waals surface area contributed by atoms with Crippen LogP contribution >= 0.6 is 0 Å². The van der Waals surface area contributed by atoms with Crippen molar-refractivity contribution in [3.8, 4) is 34.2 Å². The van der Waals surface area contributed by atoms with Crippen LogP contribution in [0.1, 0.15) is 4.11 Å². The van der Waals surface area contributed by atoms with Crippen molar-refractivity contribution in [2.45, 2.75) is 0 Å². The van der Waals surface area contributed by atoms with Crippen LogP contribution in [0, 0.1) is 0 Å². The molecule has 2 heterocycles. The SMILES string of the molecule is [2H]c1cc([2H])c2oc3ccc([2H])c(-c4nc(-c5ccc([Si](c6ccccc6)(c6ccccc6)c6ccccc6)cc5)nc(-c5ccc6ccccc6c5)n4)c3c2c1. The van der Waals surface area contributed by atoms with Gasteiger partial charge in [-0.1, -0.05) is 182 Å². The van der Waals surface area contributed by atoms with E-state index < -0.39 is 8.07 Å². The maximum atomic E-state index is 9.18. The molecule has 0 atom stereocenters. The van der Waals surface area contributed by atoms with Gasteiger partial charge in [0.1, 0.15) is 11.2 Å². The molecule has 0 aliphatic carbocycles. The molecule has 0 aliphatic heterocycles. The number of hydrogen-bond acceptors (Lipinski definition) is 4. The van der Waals surface area contributed by atoms with Crippen molar-refractivity contribution in [2.24, 2.45) is 0 Å². The molecule has 0 amide bonds. The first-order valence-corrected chi connectivity index (χ1v) is 19.9. The molecule has 0 saturated heterocycles. The highest BCUT2D eigenvalue weighted by atomic mass is 28.3. The van der Waals surface area contributed by atoms with Gasteiger partial charge in [0.15, 0.2) is 25.5 Å². The Bertz CT molecular complexity index is 3010. The number of aromatic nitrogens is 3. The summed E-state index contributed by atoms with van der Waals surface area (Å²) in [5.74, 6) is 1.25. The normalized spacial score (nSPS) is 12.5. The molecule has 0 aliphatic rings. The molecule has 0 unspecified atom stereocenters. The van der Waals surface area contributed by atoms with Gasteiger partial charge in [-0.3, -0.25) is 0 Å². The van der Waals surface area contributed by atoms with Gasteiger partial charge < -0.3 is 4.42 Å². The molecule has 0 N–H and O–H groups in total. The minimum absolute atomic E-state index is 0.112. The number of benzene rings is 8. The third-order valence-corrected chi connectivity index (χ3v) is 15.1. The zero-order valence-electron chi connectivity index (χ0n) is 32.1. The average molecular weight is 711 g/mol. The summed E-state index contributed by atoms with van der Waals surface area (Å²) in [6.07, 6.45) is 0. The van der Waals surface area contributed by atoms with Gasteiger partial charge in [0.05, 0.1) is 4.11 Å². The second-order valence-corrected chi connectivity index (χ2v) is 17.1. The third-order valence-electron chi connectivity index (χ3n) is 10.3. The van der Waals surface area contributed by atoms with Crippen LogP contribution in [0.5, 0.6) is 0 Å². The van der Waals surface area contributed by atoms with Crippen LogP contribution in [0.25, 0.3) is 66.9 Å². The van der Waals surface area contributed by atoms with Crippen LogP contribution in [0.15, 0.2) is 205 Å². The first-order valence-electron chi connectivity index (χ1n) is 19.4. The summed E-state index contributed by atoms with van der Waals surface area (Å²) in [4.78, 5) is 15.3. The molecular weight excluding hydrogens is 675 g/mol. The first-order chi connectivity index (χ1) is 28.0. The predicted molar refractivity (Wildman–Crippen MR) is 225 cm³/mol. The molecule has 54 heavy (non-hydrogen) atoms. The largest absolute Gasteiger partial charge is 0.456 e. The van der Waals surface area contributed by atoms with Gasteiger partial charge in [-0.25, -0.2) is 15.0 Å². The lowest BCUT2D eigenvalue weighted by Gasteiger charge is -2.34. The Labute approximate surface area is 318 Å². The minimum atomic E-state index is -2.76. The van der Waals surface area contributed by atoms with Gasteiger partial charge in [-0.2, -0.15) is 0 Å². The lowest BCUT2D eigenvalue weighted by atomic mass is 10.0. The topological polar surface area (TPSA) is 51.8 Å². The van der Waals surface area contributed by atoms with E-state index in [1.165, 1.54) is 26.8 Å². The number of fused-ring (bicyclic) bond motifs is 4. The van der Waals surface area contributed by atoms with Crippen molar-refractivity contribution in [2.75, 3.05) is 0 Å². The predicted octanol–water partition coefficient (Wildman–Crippen LogP) is 9.30. The lowest BCUT2D eigenvalue weighted by Crippen LogP contribution is -2.74. The number of rotatable bonds is 7. The highest BCUT2D eigenvalue weighted by Gasteiger charge is 2.41. The third kappa shape index (κ3) is 5.33. The van der Waals surface area contributed by atoms with Gasteiger partial charge >= 0.3 is 0 Å². The van der Waals surface area contributed by atoms with E-state index in [0.717, 1.165) is 21.9 Å². The number of nitrogens with zero attached hydrogens (tertiary/aromatic N) is 3. The highest BCUT2D eigenvalue weighted by Crippen LogP contribution is 2.36. The summed E-state index contributed by atoms with van der Waals surface area (Å²) < 4.78 is 32.3. The molecule has 10 aromatic rings. The molecule has 0 spiro atoms. The summed E-state index contributed by atoms with van der Waals surface area (Å²) in [6.45, 7) is 0. The van der Waals surface area contributed by atoms with Crippen molar-refractivity contribution < 1.29 is 8.53 Å². The second kappa shape index (κ2) is 13.2. The molecule has 4 nitrogen and oxygen atoms in total. The van der Waals surface area contributed by atoms with Crippen molar-refractivity contribution in [3.05, 3.63) is 200 Å². The smallest absolute Gasteiger partial charge is 0.179 e. The number of furan rings is 1. The van der Waals surface area contributed by atoms with Crippen LogP contribution < -0.4 is 20.7 Å². The average Bonchev–Trinajstić information content (AvgIpc) is 3.63. The summed E-state index contributed by atoms with van der Waals surface area (Å²) in [6, 6.07) is 62.5. The van der Waals surface area contributed by atoms with Crippen LogP contribution in [0.4, 0.5) is 0 Å².